The maximum Gasteiger partial charge on any atom is 0.309 e. The molecular weight excluding hydrogens is 584 g/mol. The van der Waals surface area contributed by atoms with Crippen LogP contribution in [0.4, 0.5) is 0 Å². The highest BCUT2D eigenvalue weighted by atomic mass is 32.2. The van der Waals surface area contributed by atoms with E-state index in [-0.39, 0.29) is 39.6 Å². The lowest BCUT2D eigenvalue weighted by atomic mass is 9.48. The Kier molecular flexibility index (Phi) is 6.19. The Labute approximate surface area is 265 Å². The van der Waals surface area contributed by atoms with E-state index in [9.17, 15) is 17.8 Å². The number of carbonyl (C=O) groups is 1. The largest absolute Gasteiger partial charge is 0.744 e. The molecule has 8 aliphatic carbocycles. The van der Waals surface area contributed by atoms with Gasteiger partial charge in [0.25, 0.3) is 0 Å². The Hall–Kier alpha value is -3.16. The number of fused-ring (bicyclic) bond motifs is 2. The standard InChI is InChI=1S/C38H40O6S/c39-36(32-16-31-25-7-1-5-11-29(25)35(32)30-12-6-2-8-26(30)31)43-22-37-17-23-15-24(18-37)20-38(19-23,21-37)44-33-13-14-34(45(40,41)42)28-10-4-3-9-27(28)33/h1-2,5-8,11-14,23-24,31-32,35H,3-4,9-10,15-22H2,(H,40,41,42)/p-1. The summed E-state index contributed by atoms with van der Waals surface area (Å²) in [6, 6.07) is 20.4. The van der Waals surface area contributed by atoms with E-state index >= 15 is 0 Å². The molecule has 0 heterocycles. The molecule has 7 heteroatoms. The molecule has 0 saturated heterocycles. The number of benzene rings is 3. The van der Waals surface area contributed by atoms with Gasteiger partial charge in [0.15, 0.2) is 0 Å². The number of rotatable bonds is 6. The van der Waals surface area contributed by atoms with Crippen molar-refractivity contribution in [3.8, 4) is 5.75 Å². The summed E-state index contributed by atoms with van der Waals surface area (Å²) >= 11 is 0. The minimum atomic E-state index is -4.54. The fourth-order valence-electron chi connectivity index (χ4n) is 11.2. The summed E-state index contributed by atoms with van der Waals surface area (Å²) in [4.78, 5) is 13.9. The highest BCUT2D eigenvalue weighted by Gasteiger charge is 2.60. The van der Waals surface area contributed by atoms with E-state index in [1.807, 2.05) is 0 Å². The molecule has 3 aromatic carbocycles. The van der Waals surface area contributed by atoms with Crippen LogP contribution in [0.2, 0.25) is 0 Å². The first-order valence-electron chi connectivity index (χ1n) is 16.8. The summed E-state index contributed by atoms with van der Waals surface area (Å²) in [5.74, 6) is 1.84. The zero-order valence-corrected chi connectivity index (χ0v) is 26.3. The topological polar surface area (TPSA) is 92.7 Å². The van der Waals surface area contributed by atoms with Gasteiger partial charge in [0.2, 0.25) is 0 Å². The highest BCUT2D eigenvalue weighted by molar-refractivity contribution is 7.85. The molecule has 0 spiro atoms. The lowest BCUT2D eigenvalue weighted by molar-refractivity contribution is -0.181. The SMILES string of the molecule is O=C(OCC12CC3CC(C1)CC(Oc1ccc(S(=O)(=O)[O-])c4c1CCCC4)(C3)C2)C1CC2c3ccccc3C1c1ccccc12. The molecule has 234 valence electrons. The van der Waals surface area contributed by atoms with Crippen LogP contribution in [0.3, 0.4) is 0 Å². The van der Waals surface area contributed by atoms with Crippen LogP contribution in [0, 0.1) is 23.2 Å². The number of carbonyl (C=O) groups excluding carboxylic acids is 1. The zero-order valence-electron chi connectivity index (χ0n) is 25.5. The first-order chi connectivity index (χ1) is 21.7. The Morgan fingerprint density at radius 1 is 0.800 bits per heavy atom. The van der Waals surface area contributed by atoms with E-state index in [1.165, 1.54) is 34.7 Å². The summed E-state index contributed by atoms with van der Waals surface area (Å²) < 4.78 is 49.5. The van der Waals surface area contributed by atoms with Gasteiger partial charge in [-0.15, -0.1) is 0 Å². The molecule has 3 atom stereocenters. The molecule has 0 amide bonds. The summed E-state index contributed by atoms with van der Waals surface area (Å²) in [6.45, 7) is 0.437. The molecule has 6 nitrogen and oxygen atoms in total. The van der Waals surface area contributed by atoms with Gasteiger partial charge in [0, 0.05) is 17.3 Å². The van der Waals surface area contributed by atoms with E-state index in [0.29, 0.717) is 30.4 Å². The first kappa shape index (κ1) is 28.1. The van der Waals surface area contributed by atoms with E-state index in [4.69, 9.17) is 9.47 Å². The Morgan fingerprint density at radius 2 is 1.42 bits per heavy atom. The van der Waals surface area contributed by atoms with E-state index in [2.05, 4.69) is 48.5 Å². The Balaban J connectivity index is 0.974. The minimum Gasteiger partial charge on any atom is -0.744 e. The zero-order chi connectivity index (χ0) is 30.6. The van der Waals surface area contributed by atoms with E-state index in [0.717, 1.165) is 69.1 Å². The van der Waals surface area contributed by atoms with Crippen molar-refractivity contribution in [3.05, 3.63) is 94.0 Å². The smallest absolute Gasteiger partial charge is 0.309 e. The normalized spacial score (nSPS) is 33.7. The molecule has 6 bridgehead atoms. The maximum atomic E-state index is 14.0. The van der Waals surface area contributed by atoms with Gasteiger partial charge >= 0.3 is 5.97 Å². The molecular formula is C38H39O6S-. The predicted molar refractivity (Wildman–Crippen MR) is 167 cm³/mol. The third kappa shape index (κ3) is 4.44. The van der Waals surface area contributed by atoms with Crippen LogP contribution in [-0.4, -0.2) is 31.1 Å². The molecule has 4 saturated carbocycles. The second-order valence-electron chi connectivity index (χ2n) is 15.2. The molecule has 0 aliphatic heterocycles. The van der Waals surface area contributed by atoms with E-state index in [1.54, 1.807) is 6.07 Å². The van der Waals surface area contributed by atoms with Crippen LogP contribution >= 0.6 is 0 Å². The lowest BCUT2D eigenvalue weighted by Crippen LogP contribution is -2.59. The van der Waals surface area contributed by atoms with Gasteiger partial charge in [0.1, 0.15) is 21.5 Å². The number of hydrogen-bond acceptors (Lipinski definition) is 6. The predicted octanol–water partition coefficient (Wildman–Crippen LogP) is 7.03. The molecule has 3 unspecified atom stereocenters. The van der Waals surface area contributed by atoms with Gasteiger partial charge in [-0.3, -0.25) is 4.79 Å². The highest BCUT2D eigenvalue weighted by Crippen LogP contribution is 2.63. The molecule has 0 aromatic heterocycles. The molecule has 4 fully saturated rings. The molecule has 8 aliphatic rings. The van der Waals surface area contributed by atoms with Crippen molar-refractivity contribution in [1.82, 2.24) is 0 Å². The van der Waals surface area contributed by atoms with Gasteiger partial charge < -0.3 is 14.0 Å². The fourth-order valence-corrected chi connectivity index (χ4v) is 12.0. The molecule has 0 N–H and O–H groups in total. The molecule has 0 radical (unpaired) electrons. The number of ether oxygens (including phenoxy) is 2. The lowest BCUT2D eigenvalue weighted by Gasteiger charge is -2.61. The van der Waals surface area contributed by atoms with Crippen molar-refractivity contribution in [2.24, 2.45) is 23.2 Å². The summed E-state index contributed by atoms with van der Waals surface area (Å²) in [7, 11) is -4.54. The molecule has 3 aromatic rings. The second-order valence-corrected chi connectivity index (χ2v) is 16.5. The van der Waals surface area contributed by atoms with Crippen molar-refractivity contribution >= 4 is 16.1 Å². The van der Waals surface area contributed by atoms with Gasteiger partial charge in [-0.25, -0.2) is 8.42 Å². The van der Waals surface area contributed by atoms with Crippen molar-refractivity contribution in [3.63, 3.8) is 0 Å². The van der Waals surface area contributed by atoms with Crippen LogP contribution in [0.25, 0.3) is 0 Å². The van der Waals surface area contributed by atoms with Gasteiger partial charge in [-0.2, -0.15) is 0 Å². The second kappa shape index (κ2) is 9.92. The monoisotopic (exact) mass is 623 g/mol. The average Bonchev–Trinajstić information content (AvgIpc) is 3.02. The van der Waals surface area contributed by atoms with Gasteiger partial charge in [-0.05, 0) is 128 Å². The third-order valence-corrected chi connectivity index (χ3v) is 13.2. The van der Waals surface area contributed by atoms with Crippen LogP contribution < -0.4 is 4.74 Å². The average molecular weight is 624 g/mol. The van der Waals surface area contributed by atoms with Crippen molar-refractivity contribution in [2.75, 3.05) is 6.61 Å². The Bertz CT molecular complexity index is 1770. The van der Waals surface area contributed by atoms with Crippen LogP contribution in [0.5, 0.6) is 5.75 Å². The summed E-state index contributed by atoms with van der Waals surface area (Å²) in [5.41, 5.74) is 6.38. The van der Waals surface area contributed by atoms with Gasteiger partial charge in [0.05, 0.1) is 17.4 Å². The fraction of sp³-hybridized carbons (Fsp3) is 0.500. The number of hydrogen-bond donors (Lipinski definition) is 0. The van der Waals surface area contributed by atoms with Crippen LogP contribution in [0.1, 0.15) is 103 Å². The van der Waals surface area contributed by atoms with E-state index < -0.39 is 10.1 Å². The van der Waals surface area contributed by atoms with Crippen molar-refractivity contribution in [2.45, 2.75) is 93.0 Å². The maximum absolute atomic E-state index is 14.0. The van der Waals surface area contributed by atoms with Crippen molar-refractivity contribution in [1.29, 1.82) is 0 Å². The molecule has 45 heavy (non-hydrogen) atoms. The minimum absolute atomic E-state index is 0.0352. The van der Waals surface area contributed by atoms with Crippen molar-refractivity contribution < 1.29 is 27.2 Å². The van der Waals surface area contributed by atoms with Gasteiger partial charge in [-0.1, -0.05) is 48.5 Å². The Morgan fingerprint density at radius 3 is 2.07 bits per heavy atom. The first-order valence-corrected chi connectivity index (χ1v) is 18.3. The van der Waals surface area contributed by atoms with Crippen LogP contribution in [-0.2, 0) is 32.5 Å². The third-order valence-electron chi connectivity index (χ3n) is 12.3. The van der Waals surface area contributed by atoms with Crippen LogP contribution in [0.15, 0.2) is 65.6 Å². The number of esters is 1. The molecule has 11 rings (SSSR count). The summed E-state index contributed by atoms with van der Waals surface area (Å²) in [5, 5.41) is 0. The quantitative estimate of drug-likeness (QED) is 0.216. The summed E-state index contributed by atoms with van der Waals surface area (Å²) in [6.07, 6.45) is 10.1.